The first-order valence-electron chi connectivity index (χ1n) is 8.42. The van der Waals surface area contributed by atoms with Crippen LogP contribution in [0, 0.1) is 0 Å². The fourth-order valence-electron chi connectivity index (χ4n) is 4.64. The van der Waals surface area contributed by atoms with Gasteiger partial charge in [-0.05, 0) is 39.7 Å². The van der Waals surface area contributed by atoms with E-state index in [2.05, 4.69) is 31.1 Å². The van der Waals surface area contributed by atoms with E-state index in [1.807, 2.05) is 0 Å². The molecule has 2 heterocycles. The van der Waals surface area contributed by atoms with Gasteiger partial charge >= 0.3 is 0 Å². The zero-order valence-corrected chi connectivity index (χ0v) is 13.2. The molecule has 0 bridgehead atoms. The summed E-state index contributed by atoms with van der Waals surface area (Å²) in [7, 11) is 2.10. The van der Waals surface area contributed by atoms with Crippen molar-refractivity contribution in [3.05, 3.63) is 0 Å². The Morgan fingerprint density at radius 1 is 1.20 bits per heavy atom. The quantitative estimate of drug-likeness (QED) is 0.860. The molecule has 3 rings (SSSR count). The molecule has 0 aromatic rings. The highest BCUT2D eigenvalue weighted by Crippen LogP contribution is 2.41. The second-order valence-corrected chi connectivity index (χ2v) is 6.75. The zero-order valence-electron chi connectivity index (χ0n) is 13.2. The topological polar surface area (TPSA) is 33.7 Å². The molecule has 0 aromatic carbocycles. The van der Waals surface area contributed by atoms with E-state index in [9.17, 15) is 0 Å². The molecule has 3 aliphatic rings. The summed E-state index contributed by atoms with van der Waals surface area (Å²) in [6.45, 7) is 6.25. The molecule has 1 spiro atoms. The van der Waals surface area contributed by atoms with E-state index < -0.39 is 0 Å². The van der Waals surface area contributed by atoms with Crippen LogP contribution < -0.4 is 5.32 Å². The Balaban J connectivity index is 1.79. The Bertz CT molecular complexity index is 330. The van der Waals surface area contributed by atoms with Crippen LogP contribution in [0.15, 0.2) is 0 Å². The molecule has 4 atom stereocenters. The first kappa shape index (κ1) is 14.8. The second kappa shape index (κ2) is 5.91. The molecule has 2 saturated heterocycles. The zero-order chi connectivity index (χ0) is 14.2. The molecule has 20 heavy (non-hydrogen) atoms. The van der Waals surface area contributed by atoms with Crippen LogP contribution in [0.3, 0.4) is 0 Å². The Morgan fingerprint density at radius 2 is 1.95 bits per heavy atom. The minimum absolute atomic E-state index is 0.279. The summed E-state index contributed by atoms with van der Waals surface area (Å²) < 4.78 is 12.0. The summed E-state index contributed by atoms with van der Waals surface area (Å²) in [5, 5.41) is 3.55. The molecule has 4 nitrogen and oxygen atoms in total. The summed E-state index contributed by atoms with van der Waals surface area (Å²) >= 11 is 0. The lowest BCUT2D eigenvalue weighted by Gasteiger charge is -2.47. The van der Waals surface area contributed by atoms with E-state index >= 15 is 0 Å². The third-order valence-electron chi connectivity index (χ3n) is 5.71. The summed E-state index contributed by atoms with van der Waals surface area (Å²) in [6, 6.07) is 2.55. The third kappa shape index (κ3) is 2.52. The van der Waals surface area contributed by atoms with Gasteiger partial charge in [-0.15, -0.1) is 0 Å². The van der Waals surface area contributed by atoms with Gasteiger partial charge in [0.05, 0.1) is 13.2 Å². The lowest BCUT2D eigenvalue weighted by molar-refractivity contribution is -0.195. The fourth-order valence-corrected chi connectivity index (χ4v) is 4.64. The lowest BCUT2D eigenvalue weighted by atomic mass is 9.84. The molecule has 0 amide bonds. The van der Waals surface area contributed by atoms with Crippen LogP contribution in [0.2, 0.25) is 0 Å². The van der Waals surface area contributed by atoms with Crippen molar-refractivity contribution >= 4 is 0 Å². The molecule has 0 aromatic heterocycles. The van der Waals surface area contributed by atoms with Gasteiger partial charge in [0, 0.05) is 37.0 Å². The largest absolute Gasteiger partial charge is 0.347 e. The summed E-state index contributed by atoms with van der Waals surface area (Å²) in [6.07, 6.45) is 7.15. The van der Waals surface area contributed by atoms with Gasteiger partial charge in [0.1, 0.15) is 0 Å². The predicted octanol–water partition coefficient (Wildman–Crippen LogP) is 2.13. The number of rotatable bonds is 3. The average Bonchev–Trinajstić information content (AvgIpc) is 3.06. The maximum absolute atomic E-state index is 5.99. The van der Waals surface area contributed by atoms with Crippen LogP contribution in [0.1, 0.15) is 52.4 Å². The van der Waals surface area contributed by atoms with Crippen LogP contribution >= 0.6 is 0 Å². The first-order valence-corrected chi connectivity index (χ1v) is 8.42. The normalized spacial score (nSPS) is 41.5. The summed E-state index contributed by atoms with van der Waals surface area (Å²) in [5.74, 6) is -0.279. The van der Waals surface area contributed by atoms with E-state index in [0.29, 0.717) is 18.1 Å². The Labute approximate surface area is 123 Å². The molecule has 1 aliphatic carbocycles. The average molecular weight is 282 g/mol. The highest BCUT2D eigenvalue weighted by Gasteiger charge is 2.49. The standard InChI is InChI=1S/C16H30N2O2/c1-4-13-6-5-12(2)18(13)15-11-16(19-9-10-20-16)8-7-14(15)17-3/h12-15,17H,4-11H2,1-3H3. The molecule has 1 saturated carbocycles. The van der Waals surface area contributed by atoms with Gasteiger partial charge in [-0.1, -0.05) is 6.92 Å². The van der Waals surface area contributed by atoms with Gasteiger partial charge < -0.3 is 14.8 Å². The summed E-state index contributed by atoms with van der Waals surface area (Å²) in [5.41, 5.74) is 0. The van der Waals surface area contributed by atoms with Crippen LogP contribution in [-0.2, 0) is 9.47 Å². The highest BCUT2D eigenvalue weighted by molar-refractivity contribution is 5.00. The molecule has 3 fully saturated rings. The van der Waals surface area contributed by atoms with E-state index in [4.69, 9.17) is 9.47 Å². The maximum Gasteiger partial charge on any atom is 0.170 e. The lowest BCUT2D eigenvalue weighted by Crippen LogP contribution is -2.59. The molecular formula is C16H30N2O2. The van der Waals surface area contributed by atoms with Crippen LogP contribution in [0.4, 0.5) is 0 Å². The Hall–Kier alpha value is -0.160. The van der Waals surface area contributed by atoms with Gasteiger partial charge in [-0.2, -0.15) is 0 Å². The van der Waals surface area contributed by atoms with Crippen LogP contribution in [-0.4, -0.2) is 55.1 Å². The molecule has 2 aliphatic heterocycles. The predicted molar refractivity (Wildman–Crippen MR) is 79.7 cm³/mol. The third-order valence-corrected chi connectivity index (χ3v) is 5.71. The van der Waals surface area contributed by atoms with Crippen molar-refractivity contribution in [1.82, 2.24) is 10.2 Å². The number of likely N-dealkylation sites (N-methyl/N-ethyl adjacent to an activating group) is 1. The minimum Gasteiger partial charge on any atom is -0.347 e. The number of nitrogens with zero attached hydrogens (tertiary/aromatic N) is 1. The number of hydrogen-bond acceptors (Lipinski definition) is 4. The van der Waals surface area contributed by atoms with Crippen LogP contribution in [0.5, 0.6) is 0 Å². The molecule has 0 radical (unpaired) electrons. The first-order chi connectivity index (χ1) is 9.69. The molecule has 116 valence electrons. The maximum atomic E-state index is 5.99. The number of nitrogens with one attached hydrogen (secondary N) is 1. The fraction of sp³-hybridized carbons (Fsp3) is 1.00. The van der Waals surface area contributed by atoms with Crippen molar-refractivity contribution in [2.24, 2.45) is 0 Å². The van der Waals surface area contributed by atoms with Crippen molar-refractivity contribution in [2.45, 2.75) is 82.3 Å². The van der Waals surface area contributed by atoms with E-state index in [0.717, 1.165) is 38.5 Å². The molecule has 1 N–H and O–H groups in total. The minimum atomic E-state index is -0.279. The van der Waals surface area contributed by atoms with Crippen LogP contribution in [0.25, 0.3) is 0 Å². The van der Waals surface area contributed by atoms with Gasteiger partial charge in [-0.3, -0.25) is 4.90 Å². The van der Waals surface area contributed by atoms with Crippen molar-refractivity contribution in [3.8, 4) is 0 Å². The van der Waals surface area contributed by atoms with Gasteiger partial charge in [0.15, 0.2) is 5.79 Å². The van der Waals surface area contributed by atoms with Gasteiger partial charge in [-0.25, -0.2) is 0 Å². The molecule has 4 unspecified atom stereocenters. The molecule has 4 heteroatoms. The van der Waals surface area contributed by atoms with Crippen molar-refractivity contribution in [3.63, 3.8) is 0 Å². The van der Waals surface area contributed by atoms with E-state index in [1.165, 1.54) is 19.3 Å². The van der Waals surface area contributed by atoms with Crippen molar-refractivity contribution < 1.29 is 9.47 Å². The smallest absolute Gasteiger partial charge is 0.170 e. The Kier molecular flexibility index (Phi) is 4.37. The van der Waals surface area contributed by atoms with Gasteiger partial charge in [0.2, 0.25) is 0 Å². The summed E-state index contributed by atoms with van der Waals surface area (Å²) in [4.78, 5) is 2.77. The number of likely N-dealkylation sites (tertiary alicyclic amines) is 1. The Morgan fingerprint density at radius 3 is 2.60 bits per heavy atom. The van der Waals surface area contributed by atoms with Crippen molar-refractivity contribution in [2.75, 3.05) is 20.3 Å². The SMILES string of the molecule is CCC1CCC(C)N1C1CC2(CCC1NC)OCCO2. The van der Waals surface area contributed by atoms with E-state index in [-0.39, 0.29) is 5.79 Å². The number of hydrogen-bond donors (Lipinski definition) is 1. The van der Waals surface area contributed by atoms with Crippen molar-refractivity contribution in [1.29, 1.82) is 0 Å². The number of ether oxygens (including phenoxy) is 2. The monoisotopic (exact) mass is 282 g/mol. The highest BCUT2D eigenvalue weighted by atomic mass is 16.7. The second-order valence-electron chi connectivity index (χ2n) is 6.75. The molecular weight excluding hydrogens is 252 g/mol. The van der Waals surface area contributed by atoms with Gasteiger partial charge in [0.25, 0.3) is 0 Å². The van der Waals surface area contributed by atoms with E-state index in [1.54, 1.807) is 0 Å².